The smallest absolute Gasteiger partial charge is 0.240 e. The number of nitrogens with one attached hydrogen (secondary N) is 2. The van der Waals surface area contributed by atoms with Crippen molar-refractivity contribution in [1.82, 2.24) is 4.72 Å². The van der Waals surface area contributed by atoms with E-state index in [2.05, 4.69) is 10.0 Å². The second-order valence-corrected chi connectivity index (χ2v) is 8.48. The van der Waals surface area contributed by atoms with Gasteiger partial charge in [0.1, 0.15) is 0 Å². The highest BCUT2D eigenvalue weighted by molar-refractivity contribution is 7.89. The predicted octanol–water partition coefficient (Wildman–Crippen LogP) is 2.64. The Kier molecular flexibility index (Phi) is 7.87. The van der Waals surface area contributed by atoms with Gasteiger partial charge in [0, 0.05) is 17.8 Å². The molecule has 0 spiro atoms. The van der Waals surface area contributed by atoms with E-state index in [1.807, 2.05) is 13.8 Å². The Bertz CT molecular complexity index is 675. The highest BCUT2D eigenvalue weighted by atomic mass is 35.5. The van der Waals surface area contributed by atoms with Gasteiger partial charge in [-0.15, -0.1) is 12.4 Å². The molecule has 2 atom stereocenters. The maximum atomic E-state index is 12.5. The summed E-state index contributed by atoms with van der Waals surface area (Å²) in [6, 6.07) is 6.20. The molecule has 4 N–H and O–H groups in total. The van der Waals surface area contributed by atoms with E-state index in [4.69, 9.17) is 5.73 Å². The van der Waals surface area contributed by atoms with E-state index >= 15 is 0 Å². The molecule has 0 radical (unpaired) electrons. The van der Waals surface area contributed by atoms with Crippen molar-refractivity contribution in [2.45, 2.75) is 56.4 Å². The van der Waals surface area contributed by atoms with Crippen molar-refractivity contribution in [2.24, 2.45) is 11.7 Å². The van der Waals surface area contributed by atoms with Gasteiger partial charge in [-0.1, -0.05) is 19.8 Å². The quantitative estimate of drug-likeness (QED) is 0.696. The largest absolute Gasteiger partial charge is 0.326 e. The lowest BCUT2D eigenvalue weighted by Gasteiger charge is -2.37. The fraction of sp³-hybridized carbons (Fsp3) is 0.588. The molecule has 142 valence electrons. The molecule has 2 rings (SSSR count). The highest BCUT2D eigenvalue weighted by Gasteiger charge is 2.37. The molecule has 0 aliphatic heterocycles. The molecule has 0 heterocycles. The van der Waals surface area contributed by atoms with Crippen LogP contribution in [0.4, 0.5) is 5.69 Å². The zero-order chi connectivity index (χ0) is 17.8. The highest BCUT2D eigenvalue weighted by Crippen LogP contribution is 2.32. The van der Waals surface area contributed by atoms with E-state index in [0.717, 1.165) is 32.1 Å². The van der Waals surface area contributed by atoms with Crippen LogP contribution in [0.1, 0.15) is 46.0 Å². The molecule has 1 aliphatic rings. The van der Waals surface area contributed by atoms with E-state index in [1.165, 1.54) is 12.1 Å². The van der Waals surface area contributed by atoms with Gasteiger partial charge in [0.15, 0.2) is 0 Å². The van der Waals surface area contributed by atoms with Crippen molar-refractivity contribution in [1.29, 1.82) is 0 Å². The van der Waals surface area contributed by atoms with Gasteiger partial charge in [-0.25, -0.2) is 13.1 Å². The maximum Gasteiger partial charge on any atom is 0.240 e. The van der Waals surface area contributed by atoms with Gasteiger partial charge in [0.2, 0.25) is 15.9 Å². The zero-order valence-corrected chi connectivity index (χ0v) is 16.4. The summed E-state index contributed by atoms with van der Waals surface area (Å²) in [5, 5.41) is 2.85. The third-order valence-corrected chi connectivity index (χ3v) is 6.02. The summed E-state index contributed by atoms with van der Waals surface area (Å²) in [7, 11) is -3.49. The van der Waals surface area contributed by atoms with Crippen LogP contribution < -0.4 is 15.8 Å². The molecule has 8 heteroatoms. The van der Waals surface area contributed by atoms with Crippen molar-refractivity contribution in [3.63, 3.8) is 0 Å². The lowest BCUT2D eigenvalue weighted by molar-refractivity contribution is -0.122. The summed E-state index contributed by atoms with van der Waals surface area (Å²) < 4.78 is 26.6. The van der Waals surface area contributed by atoms with Crippen molar-refractivity contribution >= 4 is 34.0 Å². The Morgan fingerprint density at radius 1 is 1.28 bits per heavy atom. The standard InChI is InChI=1S/C17H27N3O3S.ClH/c1-3-12-19-24(22,23)14-9-7-13(8-10-14)20-16(21)15-6-4-5-11-17(15,2)18;/h7-10,15,19H,3-6,11-12,18H2,1-2H3,(H,20,21);1H. The van der Waals surface area contributed by atoms with E-state index in [-0.39, 0.29) is 29.1 Å². The molecule has 0 bridgehead atoms. The van der Waals surface area contributed by atoms with E-state index < -0.39 is 15.6 Å². The van der Waals surface area contributed by atoms with Crippen LogP contribution in [-0.4, -0.2) is 26.4 Å². The second-order valence-electron chi connectivity index (χ2n) is 6.72. The van der Waals surface area contributed by atoms with Gasteiger partial charge in [-0.2, -0.15) is 0 Å². The first-order valence-corrected chi connectivity index (χ1v) is 9.94. The van der Waals surface area contributed by atoms with Crippen molar-refractivity contribution < 1.29 is 13.2 Å². The minimum absolute atomic E-state index is 0. The Balaban J connectivity index is 0.00000312. The topological polar surface area (TPSA) is 101 Å². The molecule has 1 aromatic carbocycles. The van der Waals surface area contributed by atoms with Crippen LogP contribution in [0, 0.1) is 5.92 Å². The summed E-state index contributed by atoms with van der Waals surface area (Å²) in [4.78, 5) is 12.7. The molecule has 0 saturated heterocycles. The number of rotatable bonds is 6. The second kappa shape index (κ2) is 8.98. The van der Waals surface area contributed by atoms with Crippen molar-refractivity contribution in [2.75, 3.05) is 11.9 Å². The van der Waals surface area contributed by atoms with E-state index in [0.29, 0.717) is 12.2 Å². The van der Waals surface area contributed by atoms with Gasteiger partial charge in [0.25, 0.3) is 0 Å². The molecule has 6 nitrogen and oxygen atoms in total. The molecule has 1 amide bonds. The van der Waals surface area contributed by atoms with Crippen LogP contribution in [0.3, 0.4) is 0 Å². The van der Waals surface area contributed by atoms with Crippen LogP contribution in [-0.2, 0) is 14.8 Å². The molecule has 1 fully saturated rings. The Morgan fingerprint density at radius 3 is 2.48 bits per heavy atom. The minimum atomic E-state index is -3.49. The summed E-state index contributed by atoms with van der Waals surface area (Å²) in [5.74, 6) is -0.319. The summed E-state index contributed by atoms with van der Waals surface area (Å²) in [6.07, 6.45) is 4.41. The number of halogens is 1. The predicted molar refractivity (Wildman–Crippen MR) is 102 cm³/mol. The SMILES string of the molecule is CCCNS(=O)(=O)c1ccc(NC(=O)C2CCCCC2(C)N)cc1.Cl. The Labute approximate surface area is 156 Å². The van der Waals surface area contributed by atoms with Crippen LogP contribution in [0.15, 0.2) is 29.2 Å². The molecular formula is C17H28ClN3O3S. The van der Waals surface area contributed by atoms with Crippen LogP contribution in [0.25, 0.3) is 0 Å². The van der Waals surface area contributed by atoms with Crippen LogP contribution in [0.2, 0.25) is 0 Å². The van der Waals surface area contributed by atoms with E-state index in [9.17, 15) is 13.2 Å². The molecule has 1 aliphatic carbocycles. The molecular weight excluding hydrogens is 362 g/mol. The number of anilines is 1. The van der Waals surface area contributed by atoms with Gasteiger partial charge in [-0.3, -0.25) is 4.79 Å². The molecule has 1 saturated carbocycles. The van der Waals surface area contributed by atoms with Crippen LogP contribution >= 0.6 is 12.4 Å². The normalized spacial score (nSPS) is 23.6. The number of sulfonamides is 1. The number of amides is 1. The number of carbonyl (C=O) groups is 1. The third-order valence-electron chi connectivity index (χ3n) is 4.55. The van der Waals surface area contributed by atoms with Crippen molar-refractivity contribution in [3.8, 4) is 0 Å². The molecule has 0 aromatic heterocycles. The molecule has 25 heavy (non-hydrogen) atoms. The Hall–Kier alpha value is -1.15. The van der Waals surface area contributed by atoms with Gasteiger partial charge in [-0.05, 0) is 50.5 Å². The maximum absolute atomic E-state index is 12.5. The number of hydrogen-bond donors (Lipinski definition) is 3. The fourth-order valence-electron chi connectivity index (χ4n) is 3.06. The minimum Gasteiger partial charge on any atom is -0.326 e. The summed E-state index contributed by atoms with van der Waals surface area (Å²) in [6.45, 7) is 4.22. The Morgan fingerprint density at radius 2 is 1.92 bits per heavy atom. The lowest BCUT2D eigenvalue weighted by Crippen LogP contribution is -2.51. The van der Waals surface area contributed by atoms with Crippen LogP contribution in [0.5, 0.6) is 0 Å². The third kappa shape index (κ3) is 5.67. The van der Waals surface area contributed by atoms with Crippen molar-refractivity contribution in [3.05, 3.63) is 24.3 Å². The average Bonchev–Trinajstić information content (AvgIpc) is 2.53. The first kappa shape index (κ1) is 21.9. The van der Waals surface area contributed by atoms with Gasteiger partial charge < -0.3 is 11.1 Å². The monoisotopic (exact) mass is 389 g/mol. The molecule has 2 unspecified atom stereocenters. The number of hydrogen-bond acceptors (Lipinski definition) is 4. The summed E-state index contributed by atoms with van der Waals surface area (Å²) >= 11 is 0. The zero-order valence-electron chi connectivity index (χ0n) is 14.7. The summed E-state index contributed by atoms with van der Waals surface area (Å²) in [5.41, 5.74) is 6.34. The molecule has 1 aromatic rings. The number of nitrogens with two attached hydrogens (primary N) is 1. The first-order chi connectivity index (χ1) is 11.3. The van der Waals surface area contributed by atoms with Gasteiger partial charge >= 0.3 is 0 Å². The van der Waals surface area contributed by atoms with E-state index in [1.54, 1.807) is 12.1 Å². The fourth-order valence-corrected chi connectivity index (χ4v) is 4.19. The first-order valence-electron chi connectivity index (χ1n) is 8.46. The average molecular weight is 390 g/mol. The van der Waals surface area contributed by atoms with Gasteiger partial charge in [0.05, 0.1) is 10.8 Å². The number of carbonyl (C=O) groups excluding carboxylic acids is 1. The number of benzene rings is 1. The lowest BCUT2D eigenvalue weighted by atomic mass is 9.74.